The minimum absolute atomic E-state index is 0.130. The number of carbonyl (C=O) groups excluding carboxylic acids is 1. The standard InChI is InChI=1S/C13H27N3O3S/c1-4-20(18,19)10-7-14-12-5-8-16(9-6-12)11-13(17)15(2)3/h12,14H,4-11H2,1-3H3. The number of carbonyl (C=O) groups is 1. The van der Waals surface area contributed by atoms with E-state index in [1.54, 1.807) is 25.9 Å². The Morgan fingerprint density at radius 1 is 1.30 bits per heavy atom. The summed E-state index contributed by atoms with van der Waals surface area (Å²) in [6, 6.07) is 0.368. The van der Waals surface area contributed by atoms with E-state index >= 15 is 0 Å². The van der Waals surface area contributed by atoms with Crippen LogP contribution in [0.4, 0.5) is 0 Å². The van der Waals surface area contributed by atoms with Crippen molar-refractivity contribution >= 4 is 15.7 Å². The number of likely N-dealkylation sites (tertiary alicyclic amines) is 1. The third kappa shape index (κ3) is 6.19. The monoisotopic (exact) mass is 305 g/mol. The molecular formula is C13H27N3O3S. The van der Waals surface area contributed by atoms with Crippen LogP contribution in [0.25, 0.3) is 0 Å². The van der Waals surface area contributed by atoms with Crippen LogP contribution >= 0.6 is 0 Å². The van der Waals surface area contributed by atoms with Crippen molar-refractivity contribution in [3.63, 3.8) is 0 Å². The normalized spacial score (nSPS) is 18.1. The summed E-state index contributed by atoms with van der Waals surface area (Å²) in [5, 5.41) is 3.31. The van der Waals surface area contributed by atoms with Gasteiger partial charge in [-0.15, -0.1) is 0 Å². The van der Waals surface area contributed by atoms with Crippen molar-refractivity contribution in [1.82, 2.24) is 15.1 Å². The number of sulfone groups is 1. The maximum absolute atomic E-state index is 11.6. The molecular weight excluding hydrogens is 278 g/mol. The van der Waals surface area contributed by atoms with E-state index in [4.69, 9.17) is 0 Å². The predicted octanol–water partition coefficient (Wildman–Crippen LogP) is -0.437. The van der Waals surface area contributed by atoms with Gasteiger partial charge >= 0.3 is 0 Å². The summed E-state index contributed by atoms with van der Waals surface area (Å²) >= 11 is 0. The number of hydrogen-bond donors (Lipinski definition) is 1. The van der Waals surface area contributed by atoms with Gasteiger partial charge in [-0.05, 0) is 12.8 Å². The average Bonchev–Trinajstić information content (AvgIpc) is 2.40. The summed E-state index contributed by atoms with van der Waals surface area (Å²) in [7, 11) is 0.658. The van der Waals surface area contributed by atoms with Gasteiger partial charge in [-0.2, -0.15) is 0 Å². The van der Waals surface area contributed by atoms with E-state index in [1.165, 1.54) is 0 Å². The molecule has 0 aliphatic carbocycles. The van der Waals surface area contributed by atoms with Gasteiger partial charge < -0.3 is 10.2 Å². The fourth-order valence-electron chi connectivity index (χ4n) is 2.19. The first kappa shape index (κ1) is 17.4. The van der Waals surface area contributed by atoms with Crippen LogP contribution in [0.15, 0.2) is 0 Å². The summed E-state index contributed by atoms with van der Waals surface area (Å²) in [6.07, 6.45) is 1.93. The number of nitrogens with one attached hydrogen (secondary N) is 1. The maximum Gasteiger partial charge on any atom is 0.236 e. The van der Waals surface area contributed by atoms with E-state index in [0.717, 1.165) is 25.9 Å². The maximum atomic E-state index is 11.6. The second-order valence-electron chi connectivity index (χ2n) is 5.53. The van der Waals surface area contributed by atoms with Gasteiger partial charge in [0.25, 0.3) is 0 Å². The van der Waals surface area contributed by atoms with Crippen LogP contribution in [-0.4, -0.2) is 81.9 Å². The van der Waals surface area contributed by atoms with Crippen molar-refractivity contribution in [2.45, 2.75) is 25.8 Å². The lowest BCUT2D eigenvalue weighted by atomic mass is 10.1. The number of rotatable bonds is 7. The number of amides is 1. The minimum atomic E-state index is -2.88. The Morgan fingerprint density at radius 3 is 2.40 bits per heavy atom. The van der Waals surface area contributed by atoms with E-state index in [2.05, 4.69) is 10.2 Å². The molecule has 0 bridgehead atoms. The molecule has 1 heterocycles. The molecule has 1 fully saturated rings. The highest BCUT2D eigenvalue weighted by Gasteiger charge is 2.21. The van der Waals surface area contributed by atoms with Gasteiger partial charge in [0.1, 0.15) is 0 Å². The summed E-state index contributed by atoms with van der Waals surface area (Å²) in [5.41, 5.74) is 0. The Labute approximate surface area is 122 Å². The smallest absolute Gasteiger partial charge is 0.236 e. The van der Waals surface area contributed by atoms with Crippen LogP contribution in [0, 0.1) is 0 Å². The topological polar surface area (TPSA) is 69.7 Å². The Hall–Kier alpha value is -0.660. The van der Waals surface area contributed by atoms with Gasteiger partial charge in [0, 0.05) is 45.5 Å². The minimum Gasteiger partial charge on any atom is -0.348 e. The molecule has 7 heteroatoms. The molecule has 0 aromatic heterocycles. The van der Waals surface area contributed by atoms with E-state index < -0.39 is 9.84 Å². The molecule has 0 aromatic carbocycles. The summed E-state index contributed by atoms with van der Waals surface area (Å²) < 4.78 is 22.8. The molecule has 0 saturated carbocycles. The van der Waals surface area contributed by atoms with Crippen molar-refractivity contribution in [3.05, 3.63) is 0 Å². The Morgan fingerprint density at radius 2 is 1.90 bits per heavy atom. The average molecular weight is 305 g/mol. The number of piperidine rings is 1. The highest BCUT2D eigenvalue weighted by molar-refractivity contribution is 7.91. The van der Waals surface area contributed by atoms with Gasteiger partial charge in [-0.25, -0.2) is 8.42 Å². The Kier molecular flexibility index (Phi) is 6.91. The number of nitrogens with zero attached hydrogens (tertiary/aromatic N) is 2. The molecule has 118 valence electrons. The predicted molar refractivity (Wildman–Crippen MR) is 80.5 cm³/mol. The van der Waals surface area contributed by atoms with Crippen LogP contribution in [0.2, 0.25) is 0 Å². The van der Waals surface area contributed by atoms with E-state index in [-0.39, 0.29) is 17.4 Å². The summed E-state index contributed by atoms with van der Waals surface area (Å²) in [6.45, 7) is 4.45. The molecule has 0 spiro atoms. The zero-order valence-corrected chi connectivity index (χ0v) is 13.6. The number of hydrogen-bond acceptors (Lipinski definition) is 5. The van der Waals surface area contributed by atoms with Crippen molar-refractivity contribution in [1.29, 1.82) is 0 Å². The van der Waals surface area contributed by atoms with Gasteiger partial charge in [0.05, 0.1) is 12.3 Å². The quantitative estimate of drug-likeness (QED) is 0.691. The van der Waals surface area contributed by atoms with Crippen LogP contribution in [-0.2, 0) is 14.6 Å². The van der Waals surface area contributed by atoms with Gasteiger partial charge in [-0.1, -0.05) is 6.92 Å². The molecule has 0 atom stereocenters. The Bertz CT molecular complexity index is 401. The molecule has 1 N–H and O–H groups in total. The van der Waals surface area contributed by atoms with E-state index in [1.807, 2.05) is 0 Å². The SMILES string of the molecule is CCS(=O)(=O)CCNC1CCN(CC(=O)N(C)C)CC1. The zero-order chi connectivity index (χ0) is 15.2. The van der Waals surface area contributed by atoms with E-state index in [0.29, 0.717) is 19.1 Å². The molecule has 20 heavy (non-hydrogen) atoms. The first-order valence-corrected chi connectivity index (χ1v) is 9.02. The van der Waals surface area contributed by atoms with Crippen LogP contribution in [0.3, 0.4) is 0 Å². The third-order valence-corrected chi connectivity index (χ3v) is 5.44. The van der Waals surface area contributed by atoms with Crippen molar-refractivity contribution in [2.24, 2.45) is 0 Å². The molecule has 1 aliphatic rings. The van der Waals surface area contributed by atoms with Gasteiger partial charge in [0.15, 0.2) is 9.84 Å². The lowest BCUT2D eigenvalue weighted by Gasteiger charge is -2.32. The fraction of sp³-hybridized carbons (Fsp3) is 0.923. The van der Waals surface area contributed by atoms with Crippen LogP contribution in [0.5, 0.6) is 0 Å². The molecule has 1 aliphatic heterocycles. The lowest BCUT2D eigenvalue weighted by molar-refractivity contribution is -0.130. The fourth-order valence-corrected chi connectivity index (χ4v) is 2.91. The molecule has 0 radical (unpaired) electrons. The van der Waals surface area contributed by atoms with E-state index in [9.17, 15) is 13.2 Å². The van der Waals surface area contributed by atoms with Crippen LogP contribution < -0.4 is 5.32 Å². The first-order valence-electron chi connectivity index (χ1n) is 7.20. The zero-order valence-electron chi connectivity index (χ0n) is 12.8. The van der Waals surface area contributed by atoms with Crippen molar-refractivity contribution in [2.75, 3.05) is 51.8 Å². The highest BCUT2D eigenvalue weighted by atomic mass is 32.2. The Balaban J connectivity index is 2.21. The molecule has 0 unspecified atom stereocenters. The van der Waals surface area contributed by atoms with Crippen molar-refractivity contribution < 1.29 is 13.2 Å². The molecule has 1 amide bonds. The highest BCUT2D eigenvalue weighted by Crippen LogP contribution is 2.10. The number of likely N-dealkylation sites (N-methyl/N-ethyl adjacent to an activating group) is 1. The molecule has 6 nitrogen and oxygen atoms in total. The van der Waals surface area contributed by atoms with Gasteiger partial charge in [-0.3, -0.25) is 9.69 Å². The third-order valence-electron chi connectivity index (χ3n) is 3.73. The van der Waals surface area contributed by atoms with Crippen molar-refractivity contribution in [3.8, 4) is 0 Å². The lowest BCUT2D eigenvalue weighted by Crippen LogP contribution is -2.46. The summed E-state index contributed by atoms with van der Waals surface area (Å²) in [5.74, 6) is 0.549. The molecule has 0 aromatic rings. The largest absolute Gasteiger partial charge is 0.348 e. The first-order chi connectivity index (χ1) is 9.34. The van der Waals surface area contributed by atoms with Crippen LogP contribution in [0.1, 0.15) is 19.8 Å². The van der Waals surface area contributed by atoms with Gasteiger partial charge in [0.2, 0.25) is 5.91 Å². The molecule has 1 rings (SSSR count). The molecule has 1 saturated heterocycles. The second-order valence-corrected chi connectivity index (χ2v) is 8.00. The second kappa shape index (κ2) is 7.95. The summed E-state index contributed by atoms with van der Waals surface area (Å²) in [4.78, 5) is 15.4.